The molecule has 1 aliphatic heterocycles. The van der Waals surface area contributed by atoms with Gasteiger partial charge in [0.15, 0.2) is 0 Å². The van der Waals surface area contributed by atoms with E-state index in [0.29, 0.717) is 18.6 Å². The molecule has 3 unspecified atom stereocenters. The van der Waals surface area contributed by atoms with Gasteiger partial charge < -0.3 is 4.74 Å². The van der Waals surface area contributed by atoms with E-state index in [0.717, 1.165) is 0 Å². The summed E-state index contributed by atoms with van der Waals surface area (Å²) < 4.78 is 4.99. The van der Waals surface area contributed by atoms with E-state index in [1.807, 2.05) is 19.0 Å². The Kier molecular flexibility index (Phi) is 3.27. The zero-order valence-corrected chi connectivity index (χ0v) is 8.70. The van der Waals surface area contributed by atoms with Crippen molar-refractivity contribution in [2.75, 3.05) is 13.7 Å². The second kappa shape index (κ2) is 4.07. The molecule has 0 aliphatic carbocycles. The van der Waals surface area contributed by atoms with Crippen LogP contribution in [0.2, 0.25) is 0 Å². The van der Waals surface area contributed by atoms with Gasteiger partial charge in [0.05, 0.1) is 6.61 Å². The average molecular weight is 186 g/mol. The molecule has 0 aromatic heterocycles. The first-order valence-electron chi connectivity index (χ1n) is 4.73. The number of ether oxygens (including phenoxy) is 1. The van der Waals surface area contributed by atoms with E-state index < -0.39 is 0 Å². The quantitative estimate of drug-likeness (QED) is 0.634. The van der Waals surface area contributed by atoms with Crippen LogP contribution in [0, 0.1) is 5.92 Å². The fourth-order valence-electron chi connectivity index (χ4n) is 1.75. The zero-order chi connectivity index (χ0) is 10.0. The first-order valence-corrected chi connectivity index (χ1v) is 4.73. The third-order valence-corrected chi connectivity index (χ3v) is 2.64. The standard InChI is InChI=1S/C9H18N2O2/c1-5-13-9(12)8-6(2)7(3)10-11(8)4/h6-8,10H,5H2,1-4H3. The van der Waals surface area contributed by atoms with Gasteiger partial charge in [-0.2, -0.15) is 0 Å². The molecule has 13 heavy (non-hydrogen) atoms. The molecule has 1 N–H and O–H groups in total. The molecule has 0 radical (unpaired) electrons. The number of likely N-dealkylation sites (N-methyl/N-ethyl adjacent to an activating group) is 1. The molecule has 0 aromatic carbocycles. The minimum absolute atomic E-state index is 0.130. The third-order valence-electron chi connectivity index (χ3n) is 2.64. The molecule has 0 bridgehead atoms. The molecule has 0 aromatic rings. The predicted octanol–water partition coefficient (Wildman–Crippen LogP) is 0.393. The second-order valence-electron chi connectivity index (χ2n) is 3.58. The maximum Gasteiger partial charge on any atom is 0.325 e. The lowest BCUT2D eigenvalue weighted by atomic mass is 9.98. The summed E-state index contributed by atoms with van der Waals surface area (Å²) in [5.74, 6) is 0.165. The molecule has 1 saturated heterocycles. The Morgan fingerprint density at radius 3 is 2.54 bits per heavy atom. The van der Waals surface area contributed by atoms with Gasteiger partial charge in [-0.3, -0.25) is 10.2 Å². The van der Waals surface area contributed by atoms with E-state index in [1.54, 1.807) is 0 Å². The molecule has 3 atom stereocenters. The normalized spacial score (nSPS) is 34.9. The largest absolute Gasteiger partial charge is 0.465 e. The van der Waals surface area contributed by atoms with Gasteiger partial charge in [-0.05, 0) is 13.8 Å². The number of nitrogens with one attached hydrogen (secondary N) is 1. The summed E-state index contributed by atoms with van der Waals surface area (Å²) in [5.41, 5.74) is 3.19. The van der Waals surface area contributed by atoms with Gasteiger partial charge in [-0.1, -0.05) is 6.92 Å². The van der Waals surface area contributed by atoms with E-state index in [2.05, 4.69) is 19.3 Å². The van der Waals surface area contributed by atoms with Crippen molar-refractivity contribution in [3.05, 3.63) is 0 Å². The number of carbonyl (C=O) groups is 1. The van der Waals surface area contributed by atoms with Gasteiger partial charge in [0.2, 0.25) is 0 Å². The van der Waals surface area contributed by atoms with Crippen LogP contribution in [0.3, 0.4) is 0 Å². The molecule has 0 saturated carbocycles. The van der Waals surface area contributed by atoms with Crippen LogP contribution in [0.4, 0.5) is 0 Å². The summed E-state index contributed by atoms with van der Waals surface area (Å²) in [4.78, 5) is 11.5. The molecular formula is C9H18N2O2. The maximum absolute atomic E-state index is 11.5. The second-order valence-corrected chi connectivity index (χ2v) is 3.58. The Balaban J connectivity index is 2.62. The molecule has 1 fully saturated rings. The van der Waals surface area contributed by atoms with E-state index in [9.17, 15) is 4.79 Å². The fourth-order valence-corrected chi connectivity index (χ4v) is 1.75. The Bertz CT molecular complexity index is 196. The fraction of sp³-hybridized carbons (Fsp3) is 0.889. The molecule has 0 amide bonds. The van der Waals surface area contributed by atoms with E-state index in [1.165, 1.54) is 0 Å². The number of carbonyl (C=O) groups excluding carboxylic acids is 1. The van der Waals surface area contributed by atoms with Crippen molar-refractivity contribution in [1.82, 2.24) is 10.4 Å². The van der Waals surface area contributed by atoms with Gasteiger partial charge in [0.1, 0.15) is 6.04 Å². The summed E-state index contributed by atoms with van der Waals surface area (Å²) >= 11 is 0. The number of hydrogen-bond acceptors (Lipinski definition) is 4. The topological polar surface area (TPSA) is 41.6 Å². The lowest BCUT2D eigenvalue weighted by Crippen LogP contribution is -2.41. The van der Waals surface area contributed by atoms with Gasteiger partial charge in [-0.25, -0.2) is 5.01 Å². The summed E-state index contributed by atoms with van der Waals surface area (Å²) in [6.07, 6.45) is 0. The van der Waals surface area contributed by atoms with Gasteiger partial charge in [0.25, 0.3) is 0 Å². The van der Waals surface area contributed by atoms with Crippen LogP contribution in [-0.4, -0.2) is 36.7 Å². The molecule has 1 heterocycles. The number of rotatable bonds is 2. The van der Waals surface area contributed by atoms with Crippen molar-refractivity contribution in [1.29, 1.82) is 0 Å². The van der Waals surface area contributed by atoms with Crippen LogP contribution in [0.25, 0.3) is 0 Å². The highest BCUT2D eigenvalue weighted by Crippen LogP contribution is 2.21. The third kappa shape index (κ3) is 2.00. The first kappa shape index (κ1) is 10.5. The van der Waals surface area contributed by atoms with Gasteiger partial charge >= 0.3 is 5.97 Å². The van der Waals surface area contributed by atoms with Crippen molar-refractivity contribution in [2.24, 2.45) is 5.92 Å². The van der Waals surface area contributed by atoms with E-state index in [-0.39, 0.29) is 12.0 Å². The van der Waals surface area contributed by atoms with Gasteiger partial charge in [-0.15, -0.1) is 0 Å². The van der Waals surface area contributed by atoms with E-state index in [4.69, 9.17) is 4.74 Å². The molecule has 4 nitrogen and oxygen atoms in total. The lowest BCUT2D eigenvalue weighted by Gasteiger charge is -2.19. The molecular weight excluding hydrogens is 168 g/mol. The molecule has 0 spiro atoms. The minimum Gasteiger partial charge on any atom is -0.465 e. The van der Waals surface area contributed by atoms with Crippen molar-refractivity contribution in [3.63, 3.8) is 0 Å². The van der Waals surface area contributed by atoms with Crippen LogP contribution in [0.15, 0.2) is 0 Å². The maximum atomic E-state index is 11.5. The molecule has 4 heteroatoms. The monoisotopic (exact) mass is 186 g/mol. The zero-order valence-electron chi connectivity index (χ0n) is 8.70. The highest BCUT2D eigenvalue weighted by molar-refractivity contribution is 5.76. The predicted molar refractivity (Wildman–Crippen MR) is 49.9 cm³/mol. The number of hydrogen-bond donors (Lipinski definition) is 1. The Hall–Kier alpha value is -0.610. The average Bonchev–Trinajstić information content (AvgIpc) is 2.27. The summed E-state index contributed by atoms with van der Waals surface area (Å²) in [5, 5.41) is 1.84. The van der Waals surface area contributed by atoms with Crippen molar-refractivity contribution < 1.29 is 9.53 Å². The van der Waals surface area contributed by atoms with Crippen LogP contribution in [-0.2, 0) is 9.53 Å². The van der Waals surface area contributed by atoms with Crippen LogP contribution >= 0.6 is 0 Å². The lowest BCUT2D eigenvalue weighted by molar-refractivity contribution is -0.149. The number of nitrogens with zero attached hydrogens (tertiary/aromatic N) is 1. The summed E-state index contributed by atoms with van der Waals surface area (Å²) in [6, 6.07) is 0.189. The van der Waals surface area contributed by atoms with E-state index >= 15 is 0 Å². The SMILES string of the molecule is CCOC(=O)C1C(C)C(C)NN1C. The van der Waals surface area contributed by atoms with Crippen molar-refractivity contribution >= 4 is 5.97 Å². The molecule has 1 rings (SSSR count). The Morgan fingerprint density at radius 1 is 1.54 bits per heavy atom. The van der Waals surface area contributed by atoms with Crippen molar-refractivity contribution in [2.45, 2.75) is 32.9 Å². The first-order chi connectivity index (χ1) is 6.07. The van der Waals surface area contributed by atoms with Crippen LogP contribution in [0.1, 0.15) is 20.8 Å². The summed E-state index contributed by atoms with van der Waals surface area (Å²) in [6.45, 7) is 6.40. The smallest absolute Gasteiger partial charge is 0.325 e. The Labute approximate surface area is 79.2 Å². The van der Waals surface area contributed by atoms with Crippen molar-refractivity contribution in [3.8, 4) is 0 Å². The minimum atomic E-state index is -0.144. The summed E-state index contributed by atoms with van der Waals surface area (Å²) in [7, 11) is 1.88. The number of hydrazine groups is 1. The van der Waals surface area contributed by atoms with Crippen LogP contribution in [0.5, 0.6) is 0 Å². The van der Waals surface area contributed by atoms with Crippen LogP contribution < -0.4 is 5.43 Å². The van der Waals surface area contributed by atoms with Gasteiger partial charge in [0, 0.05) is 19.0 Å². The molecule has 1 aliphatic rings. The molecule has 76 valence electrons. The number of esters is 1. The highest BCUT2D eigenvalue weighted by atomic mass is 16.5. The highest BCUT2D eigenvalue weighted by Gasteiger charge is 2.39. The Morgan fingerprint density at radius 2 is 2.15 bits per heavy atom.